The van der Waals surface area contributed by atoms with Gasteiger partial charge in [0.25, 0.3) is 0 Å². The van der Waals surface area contributed by atoms with Crippen LogP contribution < -0.4 is 0 Å². The van der Waals surface area contributed by atoms with Crippen molar-refractivity contribution in [1.82, 2.24) is 19.6 Å². The van der Waals surface area contributed by atoms with Gasteiger partial charge in [-0.25, -0.2) is 14.5 Å². The molecule has 4 heterocycles. The van der Waals surface area contributed by atoms with Gasteiger partial charge >= 0.3 is 0 Å². The standard InChI is InChI=1S/C21H21N5O2S/c1-13-4-6-14(7-5-13)9-23-28-11-17-24-19-18-15-8-21(2,3)27-10-16(15)29-20(18)22-12-26(19)25-17/h4-7,9,12H,8,10-11H2,1-3H3/b23-9+. The van der Waals surface area contributed by atoms with E-state index in [0.29, 0.717) is 12.4 Å². The van der Waals surface area contributed by atoms with E-state index in [9.17, 15) is 0 Å². The van der Waals surface area contributed by atoms with Crippen LogP contribution in [0.2, 0.25) is 0 Å². The average Bonchev–Trinajstić information content (AvgIpc) is 3.26. The highest BCUT2D eigenvalue weighted by Crippen LogP contribution is 2.39. The molecule has 0 N–H and O–H groups in total. The molecule has 0 saturated heterocycles. The number of nitrogens with zero attached hydrogens (tertiary/aromatic N) is 5. The second-order valence-electron chi connectivity index (χ2n) is 7.87. The van der Waals surface area contributed by atoms with Gasteiger partial charge in [-0.2, -0.15) is 0 Å². The Labute approximate surface area is 172 Å². The monoisotopic (exact) mass is 407 g/mol. The highest BCUT2D eigenvalue weighted by atomic mass is 32.1. The molecular formula is C21H21N5O2S. The van der Waals surface area contributed by atoms with Crippen LogP contribution in [0, 0.1) is 6.92 Å². The van der Waals surface area contributed by atoms with Crippen molar-refractivity contribution in [3.63, 3.8) is 0 Å². The van der Waals surface area contributed by atoms with E-state index in [4.69, 9.17) is 14.6 Å². The number of thiophene rings is 1. The summed E-state index contributed by atoms with van der Waals surface area (Å²) in [4.78, 5) is 16.9. The Morgan fingerprint density at radius 1 is 1.31 bits per heavy atom. The Hall–Kier alpha value is -2.84. The minimum atomic E-state index is -0.190. The van der Waals surface area contributed by atoms with Gasteiger partial charge in [-0.1, -0.05) is 35.0 Å². The lowest BCUT2D eigenvalue weighted by molar-refractivity contribution is -0.0379. The number of oxime groups is 1. The molecule has 8 heteroatoms. The third-order valence-corrected chi connectivity index (χ3v) is 6.11. The molecule has 1 aliphatic heterocycles. The van der Waals surface area contributed by atoms with Crippen molar-refractivity contribution in [2.24, 2.45) is 5.16 Å². The van der Waals surface area contributed by atoms with Gasteiger partial charge in [-0.3, -0.25) is 0 Å². The minimum absolute atomic E-state index is 0.190. The molecule has 0 amide bonds. The Kier molecular flexibility index (Phi) is 4.33. The van der Waals surface area contributed by atoms with E-state index in [-0.39, 0.29) is 12.2 Å². The number of fused-ring (bicyclic) bond motifs is 5. The van der Waals surface area contributed by atoms with Crippen molar-refractivity contribution in [3.05, 3.63) is 58.0 Å². The van der Waals surface area contributed by atoms with Gasteiger partial charge in [0, 0.05) is 11.3 Å². The molecule has 1 aromatic carbocycles. The van der Waals surface area contributed by atoms with Crippen LogP contribution in [-0.2, 0) is 29.2 Å². The van der Waals surface area contributed by atoms with Crippen molar-refractivity contribution < 1.29 is 9.57 Å². The zero-order valence-electron chi connectivity index (χ0n) is 16.5. The first kappa shape index (κ1) is 18.2. The second-order valence-corrected chi connectivity index (χ2v) is 8.95. The van der Waals surface area contributed by atoms with Crippen LogP contribution in [0.15, 0.2) is 35.7 Å². The van der Waals surface area contributed by atoms with Gasteiger partial charge in [0.1, 0.15) is 11.2 Å². The molecule has 0 spiro atoms. The predicted octanol–water partition coefficient (Wildman–Crippen LogP) is 4.05. The maximum absolute atomic E-state index is 5.95. The fraction of sp³-hybridized carbons (Fsp3) is 0.333. The van der Waals surface area contributed by atoms with E-state index in [1.807, 2.05) is 24.3 Å². The number of benzene rings is 1. The topological polar surface area (TPSA) is 73.9 Å². The quantitative estimate of drug-likeness (QED) is 0.377. The Bertz CT molecular complexity index is 1220. The van der Waals surface area contributed by atoms with Gasteiger partial charge in [-0.15, -0.1) is 16.4 Å². The lowest BCUT2D eigenvalue weighted by Crippen LogP contribution is -2.31. The van der Waals surface area contributed by atoms with Crippen molar-refractivity contribution >= 4 is 33.4 Å². The van der Waals surface area contributed by atoms with E-state index >= 15 is 0 Å². The number of hydrogen-bond acceptors (Lipinski definition) is 7. The van der Waals surface area contributed by atoms with Crippen molar-refractivity contribution in [2.75, 3.05) is 0 Å². The van der Waals surface area contributed by atoms with E-state index in [1.54, 1.807) is 28.4 Å². The summed E-state index contributed by atoms with van der Waals surface area (Å²) in [6.07, 6.45) is 4.23. The molecule has 148 valence electrons. The smallest absolute Gasteiger partial charge is 0.192 e. The predicted molar refractivity (Wildman–Crippen MR) is 112 cm³/mol. The molecule has 0 unspecified atom stereocenters. The normalized spacial score (nSPS) is 16.0. The largest absolute Gasteiger partial charge is 0.387 e. The Morgan fingerprint density at radius 3 is 2.97 bits per heavy atom. The summed E-state index contributed by atoms with van der Waals surface area (Å²) < 4.78 is 7.67. The van der Waals surface area contributed by atoms with Crippen molar-refractivity contribution in [2.45, 2.75) is 46.0 Å². The molecule has 5 rings (SSSR count). The molecule has 3 aromatic heterocycles. The van der Waals surface area contributed by atoms with Crippen LogP contribution in [-0.4, -0.2) is 31.4 Å². The lowest BCUT2D eigenvalue weighted by Gasteiger charge is -2.30. The minimum Gasteiger partial charge on any atom is -0.387 e. The van der Waals surface area contributed by atoms with E-state index in [0.717, 1.165) is 27.8 Å². The van der Waals surface area contributed by atoms with Gasteiger partial charge < -0.3 is 9.57 Å². The summed E-state index contributed by atoms with van der Waals surface area (Å²) in [5.41, 5.74) is 4.09. The zero-order valence-corrected chi connectivity index (χ0v) is 17.4. The van der Waals surface area contributed by atoms with Gasteiger partial charge in [0.15, 0.2) is 18.1 Å². The van der Waals surface area contributed by atoms with E-state index in [2.05, 4.69) is 36.0 Å². The van der Waals surface area contributed by atoms with Crippen LogP contribution in [0.4, 0.5) is 0 Å². The van der Waals surface area contributed by atoms with E-state index < -0.39 is 0 Å². The summed E-state index contributed by atoms with van der Waals surface area (Å²) in [6.45, 7) is 7.10. The fourth-order valence-electron chi connectivity index (χ4n) is 3.49. The fourth-order valence-corrected chi connectivity index (χ4v) is 4.56. The van der Waals surface area contributed by atoms with Crippen LogP contribution in [0.25, 0.3) is 15.9 Å². The number of ether oxygens (including phenoxy) is 1. The van der Waals surface area contributed by atoms with Gasteiger partial charge in [0.2, 0.25) is 0 Å². The Balaban J connectivity index is 1.41. The molecule has 0 radical (unpaired) electrons. The summed E-state index contributed by atoms with van der Waals surface area (Å²) in [7, 11) is 0. The average molecular weight is 407 g/mol. The molecule has 0 bridgehead atoms. The Morgan fingerprint density at radius 2 is 2.14 bits per heavy atom. The molecule has 0 atom stereocenters. The summed E-state index contributed by atoms with van der Waals surface area (Å²) >= 11 is 1.67. The first-order chi connectivity index (χ1) is 14.0. The number of hydrogen-bond donors (Lipinski definition) is 0. The molecule has 0 saturated carbocycles. The molecule has 7 nitrogen and oxygen atoms in total. The van der Waals surface area contributed by atoms with E-state index in [1.165, 1.54) is 16.0 Å². The van der Waals surface area contributed by atoms with Crippen LogP contribution >= 0.6 is 11.3 Å². The highest BCUT2D eigenvalue weighted by Gasteiger charge is 2.30. The second kappa shape index (κ2) is 6.89. The third-order valence-electron chi connectivity index (χ3n) is 5.00. The lowest BCUT2D eigenvalue weighted by atomic mass is 9.94. The number of rotatable bonds is 4. The van der Waals surface area contributed by atoms with Gasteiger partial charge in [-0.05, 0) is 31.9 Å². The molecule has 4 aromatic rings. The first-order valence-corrected chi connectivity index (χ1v) is 10.3. The summed E-state index contributed by atoms with van der Waals surface area (Å²) in [5, 5.41) is 9.61. The maximum Gasteiger partial charge on any atom is 0.192 e. The number of aryl methyl sites for hydroxylation is 1. The third kappa shape index (κ3) is 3.49. The number of aromatic nitrogens is 4. The SMILES string of the molecule is Cc1ccc(/C=N/OCc2nc3c4c5c(sc4ncn3n2)COC(C)(C)C5)cc1. The zero-order chi connectivity index (χ0) is 20.0. The van der Waals surface area contributed by atoms with Crippen molar-refractivity contribution in [1.29, 1.82) is 0 Å². The maximum atomic E-state index is 5.95. The first-order valence-electron chi connectivity index (χ1n) is 9.49. The highest BCUT2D eigenvalue weighted by molar-refractivity contribution is 7.19. The molecule has 0 fully saturated rings. The van der Waals surface area contributed by atoms with Crippen LogP contribution in [0.1, 0.15) is 41.2 Å². The summed E-state index contributed by atoms with van der Waals surface area (Å²) in [6, 6.07) is 8.08. The van der Waals surface area contributed by atoms with Crippen LogP contribution in [0.3, 0.4) is 0 Å². The molecule has 0 aliphatic carbocycles. The van der Waals surface area contributed by atoms with Crippen LogP contribution in [0.5, 0.6) is 0 Å². The van der Waals surface area contributed by atoms with Gasteiger partial charge in [0.05, 0.1) is 23.8 Å². The molecule has 1 aliphatic rings. The van der Waals surface area contributed by atoms with Crippen molar-refractivity contribution in [3.8, 4) is 0 Å². The molecular weight excluding hydrogens is 386 g/mol. The molecule has 29 heavy (non-hydrogen) atoms. The summed E-state index contributed by atoms with van der Waals surface area (Å²) in [5.74, 6) is 0.576.